The Balaban J connectivity index is 2.15. The molecule has 3 heteroatoms. The van der Waals surface area contributed by atoms with Crippen LogP contribution in [0, 0.1) is 5.92 Å². The first kappa shape index (κ1) is 11.5. The highest BCUT2D eigenvalue weighted by Crippen LogP contribution is 2.06. The van der Waals surface area contributed by atoms with Crippen molar-refractivity contribution in [3.8, 4) is 0 Å². The Hall–Kier alpha value is 0.400. The molecule has 1 aliphatic heterocycles. The van der Waals surface area contributed by atoms with Crippen LogP contribution in [0.3, 0.4) is 0 Å². The van der Waals surface area contributed by atoms with Gasteiger partial charge in [0.25, 0.3) is 0 Å². The molecule has 1 fully saturated rings. The summed E-state index contributed by atoms with van der Waals surface area (Å²) in [5.41, 5.74) is 0. The van der Waals surface area contributed by atoms with E-state index in [0.717, 1.165) is 5.33 Å². The Morgan fingerprint density at radius 2 is 1.62 bits per heavy atom. The van der Waals surface area contributed by atoms with Crippen molar-refractivity contribution < 1.29 is 0 Å². The third kappa shape index (κ3) is 4.43. The van der Waals surface area contributed by atoms with E-state index in [1.165, 1.54) is 45.2 Å². The van der Waals surface area contributed by atoms with Crippen molar-refractivity contribution in [2.24, 2.45) is 0 Å². The van der Waals surface area contributed by atoms with Crippen LogP contribution in [0.2, 0.25) is 0 Å². The molecule has 0 amide bonds. The summed E-state index contributed by atoms with van der Waals surface area (Å²) in [5.74, 6) is 1.52. The molecule has 0 atom stereocenters. The molecule has 0 aromatic rings. The molecule has 1 aliphatic rings. The van der Waals surface area contributed by atoms with Crippen molar-refractivity contribution >= 4 is 15.9 Å². The minimum absolute atomic E-state index is 1.10. The van der Waals surface area contributed by atoms with Crippen LogP contribution in [0.1, 0.15) is 13.8 Å². The molecule has 0 bridgehead atoms. The molecule has 0 unspecified atom stereocenters. The van der Waals surface area contributed by atoms with Gasteiger partial charge in [-0.1, -0.05) is 29.8 Å². The zero-order valence-corrected chi connectivity index (χ0v) is 10.3. The van der Waals surface area contributed by atoms with Crippen LogP contribution in [0.15, 0.2) is 0 Å². The lowest BCUT2D eigenvalue weighted by Gasteiger charge is -2.35. The second-order valence-corrected chi connectivity index (χ2v) is 4.81. The van der Waals surface area contributed by atoms with E-state index in [0.29, 0.717) is 0 Å². The molecule has 1 heterocycles. The van der Waals surface area contributed by atoms with E-state index in [4.69, 9.17) is 0 Å². The van der Waals surface area contributed by atoms with Gasteiger partial charge in [0, 0.05) is 44.6 Å². The summed E-state index contributed by atoms with van der Waals surface area (Å²) in [7, 11) is 0. The normalized spacial score (nSPS) is 21.2. The van der Waals surface area contributed by atoms with Gasteiger partial charge in [-0.3, -0.25) is 4.90 Å². The minimum atomic E-state index is 1.10. The van der Waals surface area contributed by atoms with Crippen LogP contribution in [-0.4, -0.2) is 54.4 Å². The number of hydrogen-bond donors (Lipinski definition) is 0. The zero-order valence-electron chi connectivity index (χ0n) is 8.72. The lowest BCUT2D eigenvalue weighted by atomic mass is 10.2. The monoisotopic (exact) mass is 247 g/mol. The van der Waals surface area contributed by atoms with Gasteiger partial charge in [-0.15, -0.1) is 0 Å². The summed E-state index contributed by atoms with van der Waals surface area (Å²) in [6.07, 6.45) is 0. The number of hydrogen-bond acceptors (Lipinski definition) is 2. The van der Waals surface area contributed by atoms with Crippen molar-refractivity contribution in [1.29, 1.82) is 0 Å². The van der Waals surface area contributed by atoms with Crippen molar-refractivity contribution in [1.82, 2.24) is 9.80 Å². The maximum Gasteiger partial charge on any atom is 0.0159 e. The Bertz CT molecular complexity index is 131. The summed E-state index contributed by atoms with van der Waals surface area (Å²) in [4.78, 5) is 5.07. The maximum atomic E-state index is 3.48. The predicted octanol–water partition coefficient (Wildman–Crippen LogP) is 1.61. The largest absolute Gasteiger partial charge is 0.300 e. The Labute approximate surface area is 90.4 Å². The molecule has 0 aliphatic carbocycles. The third-order valence-electron chi connectivity index (χ3n) is 2.41. The Morgan fingerprint density at radius 1 is 1.08 bits per heavy atom. The molecule has 0 saturated carbocycles. The number of halogens is 1. The standard InChI is InChI=1S/C10H20BrN2/c1-10(2)9-13-7-5-12(4-3-11)6-8-13/h3-9H2,1-2H3. The van der Waals surface area contributed by atoms with Gasteiger partial charge in [-0.05, 0) is 5.92 Å². The fourth-order valence-electron chi connectivity index (χ4n) is 1.74. The number of piperazine rings is 1. The first-order valence-electron chi connectivity index (χ1n) is 5.02. The highest BCUT2D eigenvalue weighted by atomic mass is 79.9. The van der Waals surface area contributed by atoms with Gasteiger partial charge in [0.05, 0.1) is 0 Å². The van der Waals surface area contributed by atoms with Crippen LogP contribution in [0.5, 0.6) is 0 Å². The van der Waals surface area contributed by atoms with Crippen LogP contribution < -0.4 is 0 Å². The highest BCUT2D eigenvalue weighted by Gasteiger charge is 2.16. The van der Waals surface area contributed by atoms with Crippen molar-refractivity contribution in [3.05, 3.63) is 5.92 Å². The van der Waals surface area contributed by atoms with Crippen LogP contribution in [0.25, 0.3) is 0 Å². The van der Waals surface area contributed by atoms with Gasteiger partial charge in [-0.2, -0.15) is 0 Å². The lowest BCUT2D eigenvalue weighted by Crippen LogP contribution is -2.47. The van der Waals surface area contributed by atoms with Crippen LogP contribution >= 0.6 is 15.9 Å². The topological polar surface area (TPSA) is 6.48 Å². The summed E-state index contributed by atoms with van der Waals surface area (Å²) in [5, 5.41) is 1.10. The highest BCUT2D eigenvalue weighted by molar-refractivity contribution is 9.09. The molecule has 2 nitrogen and oxygen atoms in total. The van der Waals surface area contributed by atoms with E-state index >= 15 is 0 Å². The molecule has 0 aromatic heterocycles. The first-order valence-corrected chi connectivity index (χ1v) is 6.14. The predicted molar refractivity (Wildman–Crippen MR) is 61.3 cm³/mol. The van der Waals surface area contributed by atoms with Crippen LogP contribution in [0.4, 0.5) is 0 Å². The van der Waals surface area contributed by atoms with E-state index in [1.807, 2.05) is 0 Å². The zero-order chi connectivity index (χ0) is 9.68. The average molecular weight is 248 g/mol. The van der Waals surface area contributed by atoms with E-state index in [9.17, 15) is 0 Å². The maximum absolute atomic E-state index is 3.48. The van der Waals surface area contributed by atoms with Crippen molar-refractivity contribution in [2.75, 3.05) is 44.6 Å². The summed E-state index contributed by atoms with van der Waals surface area (Å²) in [6, 6.07) is 0. The van der Waals surface area contributed by atoms with Gasteiger partial charge in [0.2, 0.25) is 0 Å². The molecule has 1 radical (unpaired) electrons. The van der Waals surface area contributed by atoms with Crippen LogP contribution in [-0.2, 0) is 0 Å². The molecule has 77 valence electrons. The Morgan fingerprint density at radius 3 is 2.08 bits per heavy atom. The van der Waals surface area contributed by atoms with Crippen molar-refractivity contribution in [3.63, 3.8) is 0 Å². The van der Waals surface area contributed by atoms with E-state index < -0.39 is 0 Å². The molecule has 0 N–H and O–H groups in total. The average Bonchev–Trinajstić information content (AvgIpc) is 2.08. The summed E-state index contributed by atoms with van der Waals surface area (Å²) >= 11 is 3.48. The minimum Gasteiger partial charge on any atom is -0.300 e. The number of rotatable bonds is 4. The Kier molecular flexibility index (Phi) is 5.29. The van der Waals surface area contributed by atoms with Gasteiger partial charge in [0.1, 0.15) is 0 Å². The third-order valence-corrected chi connectivity index (χ3v) is 2.76. The fraction of sp³-hybridized carbons (Fsp3) is 0.900. The van der Waals surface area contributed by atoms with E-state index in [1.54, 1.807) is 0 Å². The number of alkyl halides is 1. The first-order chi connectivity index (χ1) is 6.22. The summed E-state index contributed by atoms with van der Waals surface area (Å²) < 4.78 is 0. The molecule has 0 aromatic carbocycles. The second kappa shape index (κ2) is 5.99. The fourth-order valence-corrected chi connectivity index (χ4v) is 2.24. The van der Waals surface area contributed by atoms with Crippen molar-refractivity contribution in [2.45, 2.75) is 13.8 Å². The molecular formula is C10H20BrN2. The molecular weight excluding hydrogens is 228 g/mol. The SMILES string of the molecule is C[C](C)CN1CCN(CCBr)CC1. The van der Waals surface area contributed by atoms with Gasteiger partial charge in [0.15, 0.2) is 0 Å². The molecule has 0 spiro atoms. The second-order valence-electron chi connectivity index (χ2n) is 4.01. The van der Waals surface area contributed by atoms with Gasteiger partial charge < -0.3 is 4.90 Å². The molecule has 1 saturated heterocycles. The van der Waals surface area contributed by atoms with Gasteiger partial charge >= 0.3 is 0 Å². The molecule has 13 heavy (non-hydrogen) atoms. The van der Waals surface area contributed by atoms with E-state index in [-0.39, 0.29) is 0 Å². The summed E-state index contributed by atoms with van der Waals surface area (Å²) in [6.45, 7) is 11.7. The van der Waals surface area contributed by atoms with E-state index in [2.05, 4.69) is 39.6 Å². The molecule has 1 rings (SSSR count). The number of nitrogens with zero attached hydrogens (tertiary/aromatic N) is 2. The smallest absolute Gasteiger partial charge is 0.0159 e. The quantitative estimate of drug-likeness (QED) is 0.697. The lowest BCUT2D eigenvalue weighted by molar-refractivity contribution is 0.142. The van der Waals surface area contributed by atoms with Gasteiger partial charge in [-0.25, -0.2) is 0 Å².